The van der Waals surface area contributed by atoms with Gasteiger partial charge in [0.1, 0.15) is 0 Å². The normalized spacial score (nSPS) is 42.7. The molecule has 0 spiro atoms. The van der Waals surface area contributed by atoms with Crippen LogP contribution in [0.1, 0.15) is 28.5 Å². The number of nitriles is 1. The van der Waals surface area contributed by atoms with Gasteiger partial charge in [0.05, 0.1) is 22.4 Å². The summed E-state index contributed by atoms with van der Waals surface area (Å²) >= 11 is 12.8. The second kappa shape index (κ2) is 3.53. The summed E-state index contributed by atoms with van der Waals surface area (Å²) in [7, 11) is 0. The summed E-state index contributed by atoms with van der Waals surface area (Å²) in [6, 6.07) is 8.33. The quantitative estimate of drug-likeness (QED) is 0.522. The summed E-state index contributed by atoms with van der Waals surface area (Å²) in [6.07, 6.45) is 4.49. The molecule has 2 bridgehead atoms. The van der Waals surface area contributed by atoms with Crippen molar-refractivity contribution in [2.75, 3.05) is 0 Å². The number of alkyl halides is 2. The van der Waals surface area contributed by atoms with Gasteiger partial charge in [0.2, 0.25) is 0 Å². The van der Waals surface area contributed by atoms with E-state index in [2.05, 4.69) is 24.3 Å². The van der Waals surface area contributed by atoms with Crippen molar-refractivity contribution >= 4 is 23.2 Å². The van der Waals surface area contributed by atoms with Crippen LogP contribution in [-0.2, 0) is 0 Å². The lowest BCUT2D eigenvalue weighted by atomic mass is 9.50. The predicted molar refractivity (Wildman–Crippen MR) is 72.0 cm³/mol. The monoisotopic (exact) mass is 275 g/mol. The zero-order chi connectivity index (χ0) is 12.4. The molecular formula is C15H11Cl2N. The molecule has 4 aliphatic carbocycles. The zero-order valence-corrected chi connectivity index (χ0v) is 11.1. The molecule has 6 atom stereocenters. The molecule has 0 unspecified atom stereocenters. The summed E-state index contributed by atoms with van der Waals surface area (Å²) in [4.78, 5) is 0. The Bertz CT molecular complexity index is 601. The number of nitrogens with zero attached hydrogens (tertiary/aromatic N) is 1. The first-order chi connectivity index (χ1) is 8.74. The third-order valence-electron chi connectivity index (χ3n) is 4.79. The summed E-state index contributed by atoms with van der Waals surface area (Å²) in [5, 5.41) is 9.38. The Morgan fingerprint density at radius 3 is 2.39 bits per heavy atom. The summed E-state index contributed by atoms with van der Waals surface area (Å²) in [6.45, 7) is 0. The summed E-state index contributed by atoms with van der Waals surface area (Å²) in [5.41, 5.74) is 3.28. The molecule has 18 heavy (non-hydrogen) atoms. The molecule has 0 heterocycles. The molecule has 1 aromatic carbocycles. The Labute approximate surface area is 116 Å². The van der Waals surface area contributed by atoms with Crippen molar-refractivity contribution < 1.29 is 0 Å². The smallest absolute Gasteiger partial charge is 0.0994 e. The van der Waals surface area contributed by atoms with Gasteiger partial charge >= 0.3 is 0 Å². The second-order valence-electron chi connectivity index (χ2n) is 5.40. The average molecular weight is 276 g/mol. The first kappa shape index (κ1) is 10.9. The van der Waals surface area contributed by atoms with Gasteiger partial charge in [-0.05, 0) is 29.0 Å². The molecule has 1 fully saturated rings. The van der Waals surface area contributed by atoms with E-state index >= 15 is 0 Å². The molecule has 1 nitrogen and oxygen atoms in total. The van der Waals surface area contributed by atoms with E-state index in [4.69, 9.17) is 23.2 Å². The molecule has 0 aliphatic heterocycles. The molecule has 0 amide bonds. The molecule has 1 saturated carbocycles. The van der Waals surface area contributed by atoms with E-state index in [1.165, 1.54) is 11.1 Å². The van der Waals surface area contributed by atoms with Crippen LogP contribution < -0.4 is 0 Å². The first-order valence-electron chi connectivity index (χ1n) is 6.23. The van der Waals surface area contributed by atoms with Gasteiger partial charge in [-0.25, -0.2) is 0 Å². The van der Waals surface area contributed by atoms with Crippen LogP contribution in [0.3, 0.4) is 0 Å². The van der Waals surface area contributed by atoms with Gasteiger partial charge in [0.25, 0.3) is 0 Å². The highest BCUT2D eigenvalue weighted by atomic mass is 35.5. The Hall–Kier alpha value is -0.970. The Morgan fingerprint density at radius 2 is 1.67 bits per heavy atom. The molecule has 3 heteroatoms. The number of allylic oxidation sites excluding steroid dienone is 2. The molecule has 4 aliphatic rings. The van der Waals surface area contributed by atoms with Crippen LogP contribution >= 0.6 is 23.2 Å². The maximum absolute atomic E-state index is 9.28. The highest BCUT2D eigenvalue weighted by Gasteiger charge is 2.59. The standard InChI is InChI=1S/C15H11Cl2N/c16-14-12-9-4-5-10(13(12)15(14)17)11-7(6-18)2-1-3-8(9)11/h1-5,9-10,12-15H/t9-,10-,12+,13+,14+,15+/m1/s1. The fraction of sp³-hybridized carbons (Fsp3) is 0.400. The van der Waals surface area contributed by atoms with Crippen LogP contribution in [0.25, 0.3) is 0 Å². The topological polar surface area (TPSA) is 23.8 Å². The Morgan fingerprint density at radius 1 is 1.00 bits per heavy atom. The van der Waals surface area contributed by atoms with Crippen molar-refractivity contribution in [1.82, 2.24) is 0 Å². The van der Waals surface area contributed by atoms with E-state index in [1.807, 2.05) is 12.1 Å². The van der Waals surface area contributed by atoms with Crippen LogP contribution in [-0.4, -0.2) is 10.8 Å². The van der Waals surface area contributed by atoms with Gasteiger partial charge in [0, 0.05) is 11.8 Å². The number of hydrogen-bond donors (Lipinski definition) is 0. The maximum Gasteiger partial charge on any atom is 0.0994 e. The van der Waals surface area contributed by atoms with Crippen LogP contribution in [0.5, 0.6) is 0 Å². The minimum Gasteiger partial charge on any atom is -0.192 e. The van der Waals surface area contributed by atoms with Crippen molar-refractivity contribution in [3.63, 3.8) is 0 Å². The minimum atomic E-state index is 0.0361. The van der Waals surface area contributed by atoms with E-state index in [9.17, 15) is 5.26 Å². The Balaban J connectivity index is 1.94. The molecule has 90 valence electrons. The third-order valence-corrected chi connectivity index (χ3v) is 6.05. The van der Waals surface area contributed by atoms with Crippen molar-refractivity contribution in [3.05, 3.63) is 47.0 Å². The second-order valence-corrected chi connectivity index (χ2v) is 6.41. The van der Waals surface area contributed by atoms with Gasteiger partial charge in [-0.1, -0.05) is 24.3 Å². The molecule has 0 saturated heterocycles. The van der Waals surface area contributed by atoms with Crippen molar-refractivity contribution in [2.45, 2.75) is 22.6 Å². The van der Waals surface area contributed by atoms with Gasteiger partial charge < -0.3 is 0 Å². The predicted octanol–water partition coefficient (Wildman–Crippen LogP) is 3.77. The van der Waals surface area contributed by atoms with Gasteiger partial charge in [0.15, 0.2) is 0 Å². The lowest BCUT2D eigenvalue weighted by Crippen LogP contribution is -2.57. The maximum atomic E-state index is 9.28. The number of halogens is 2. The van der Waals surface area contributed by atoms with E-state index in [0.29, 0.717) is 17.8 Å². The average Bonchev–Trinajstić information content (AvgIpc) is 2.45. The SMILES string of the molecule is N#Cc1cccc2c1[C@H]1C=C[C@H]2[C@@H]2[C@H](Cl)[C@@H](Cl)[C@H]21. The Kier molecular flexibility index (Phi) is 2.14. The van der Waals surface area contributed by atoms with Crippen LogP contribution in [0.2, 0.25) is 0 Å². The van der Waals surface area contributed by atoms with Gasteiger partial charge in [-0.2, -0.15) is 5.26 Å². The zero-order valence-electron chi connectivity index (χ0n) is 9.55. The highest BCUT2D eigenvalue weighted by Crippen LogP contribution is 2.63. The highest BCUT2D eigenvalue weighted by molar-refractivity contribution is 6.31. The lowest BCUT2D eigenvalue weighted by molar-refractivity contribution is 0.129. The van der Waals surface area contributed by atoms with Gasteiger partial charge in [-0.15, -0.1) is 23.2 Å². The molecule has 0 N–H and O–H groups in total. The van der Waals surface area contributed by atoms with Crippen LogP contribution in [0, 0.1) is 23.2 Å². The van der Waals surface area contributed by atoms with E-state index in [1.54, 1.807) is 0 Å². The summed E-state index contributed by atoms with van der Waals surface area (Å²) < 4.78 is 0. The number of benzene rings is 1. The third kappa shape index (κ3) is 1.09. The fourth-order valence-corrected chi connectivity index (χ4v) is 5.00. The molecule has 5 rings (SSSR count). The van der Waals surface area contributed by atoms with Crippen molar-refractivity contribution in [2.24, 2.45) is 11.8 Å². The van der Waals surface area contributed by atoms with Crippen LogP contribution in [0.4, 0.5) is 0 Å². The van der Waals surface area contributed by atoms with E-state index < -0.39 is 0 Å². The minimum absolute atomic E-state index is 0.0361. The molecule has 0 aromatic heterocycles. The number of rotatable bonds is 0. The first-order valence-corrected chi connectivity index (χ1v) is 7.10. The van der Waals surface area contributed by atoms with Gasteiger partial charge in [-0.3, -0.25) is 0 Å². The fourth-order valence-electron chi connectivity index (χ4n) is 4.02. The largest absolute Gasteiger partial charge is 0.192 e. The van der Waals surface area contributed by atoms with Crippen molar-refractivity contribution in [3.8, 4) is 6.07 Å². The van der Waals surface area contributed by atoms with E-state index in [-0.39, 0.29) is 16.7 Å². The van der Waals surface area contributed by atoms with Crippen molar-refractivity contribution in [1.29, 1.82) is 5.26 Å². The molecule has 0 radical (unpaired) electrons. The molecule has 1 aromatic rings. The lowest BCUT2D eigenvalue weighted by Gasteiger charge is -2.58. The van der Waals surface area contributed by atoms with E-state index in [0.717, 1.165) is 5.56 Å². The molecular weight excluding hydrogens is 265 g/mol. The van der Waals surface area contributed by atoms with Crippen LogP contribution in [0.15, 0.2) is 30.4 Å². The number of hydrogen-bond acceptors (Lipinski definition) is 1. The summed E-state index contributed by atoms with van der Waals surface area (Å²) in [5.74, 6) is 1.49.